The first kappa shape index (κ1) is 22.5. The summed E-state index contributed by atoms with van der Waals surface area (Å²) in [5.41, 5.74) is 3.00. The van der Waals surface area contributed by atoms with E-state index in [1.807, 2.05) is 24.3 Å². The summed E-state index contributed by atoms with van der Waals surface area (Å²) in [5.74, 6) is 0.435. The summed E-state index contributed by atoms with van der Waals surface area (Å²) in [4.78, 5) is 33.2. The predicted octanol–water partition coefficient (Wildman–Crippen LogP) is 3.94. The van der Waals surface area contributed by atoms with Gasteiger partial charge in [-0.3, -0.25) is 9.78 Å². The molecule has 1 saturated heterocycles. The molecule has 0 radical (unpaired) electrons. The molecule has 2 aliphatic rings. The smallest absolute Gasteiger partial charge is 0.251 e. The van der Waals surface area contributed by atoms with Crippen LogP contribution >= 0.6 is 0 Å². The fourth-order valence-electron chi connectivity index (χ4n) is 4.49. The van der Waals surface area contributed by atoms with Crippen LogP contribution in [0.15, 0.2) is 54.9 Å². The number of pyridine rings is 2. The number of benzene rings is 1. The van der Waals surface area contributed by atoms with Crippen molar-refractivity contribution in [1.29, 1.82) is 0 Å². The van der Waals surface area contributed by atoms with Gasteiger partial charge in [-0.05, 0) is 60.9 Å². The summed E-state index contributed by atoms with van der Waals surface area (Å²) in [6.07, 6.45) is 4.66. The number of halogens is 1. The second-order valence-electron chi connectivity index (χ2n) is 9.39. The lowest BCUT2D eigenvalue weighted by Crippen LogP contribution is -2.38. The summed E-state index contributed by atoms with van der Waals surface area (Å²) < 4.78 is 20.2. The zero-order valence-electron chi connectivity index (χ0n) is 19.9. The zero-order chi connectivity index (χ0) is 24.7. The summed E-state index contributed by atoms with van der Waals surface area (Å²) in [7, 11) is 0. The molecule has 1 aromatic carbocycles. The third kappa shape index (κ3) is 4.26. The van der Waals surface area contributed by atoms with Gasteiger partial charge in [0.1, 0.15) is 0 Å². The zero-order valence-corrected chi connectivity index (χ0v) is 19.9. The lowest BCUT2D eigenvalue weighted by atomic mass is 9.90. The SMILES string of the molecule is C[C@@]1(F)COCc2ccc(C(=O)NCc3cc4nc(-c5ccnc(N6CCC6)n5)ccc4cn3)cc21. The van der Waals surface area contributed by atoms with Crippen molar-refractivity contribution in [1.82, 2.24) is 25.3 Å². The molecule has 0 unspecified atom stereocenters. The maximum Gasteiger partial charge on any atom is 0.251 e. The van der Waals surface area contributed by atoms with Crippen LogP contribution in [0.2, 0.25) is 0 Å². The molecule has 1 fully saturated rings. The van der Waals surface area contributed by atoms with Gasteiger partial charge in [-0.1, -0.05) is 6.07 Å². The number of anilines is 1. The van der Waals surface area contributed by atoms with E-state index in [0.717, 1.165) is 53.3 Å². The number of ether oxygens (including phenoxy) is 1. The highest BCUT2D eigenvalue weighted by Gasteiger charge is 2.33. The van der Waals surface area contributed by atoms with Crippen molar-refractivity contribution >= 4 is 22.8 Å². The molecule has 9 heteroatoms. The van der Waals surface area contributed by atoms with E-state index in [0.29, 0.717) is 23.4 Å². The third-order valence-corrected chi connectivity index (χ3v) is 6.67. The molecule has 6 rings (SSSR count). The van der Waals surface area contributed by atoms with Crippen molar-refractivity contribution in [2.24, 2.45) is 0 Å². The Balaban J connectivity index is 1.20. The van der Waals surface area contributed by atoms with Crippen molar-refractivity contribution in [3.8, 4) is 11.4 Å². The Hall–Kier alpha value is -3.98. The van der Waals surface area contributed by atoms with Crippen molar-refractivity contribution in [3.05, 3.63) is 77.2 Å². The normalized spacial score (nSPS) is 19.0. The maximum absolute atomic E-state index is 14.9. The molecule has 1 amide bonds. The van der Waals surface area contributed by atoms with Crippen LogP contribution in [0.5, 0.6) is 0 Å². The van der Waals surface area contributed by atoms with Crippen LogP contribution in [0.3, 0.4) is 0 Å². The summed E-state index contributed by atoms with van der Waals surface area (Å²) in [6, 6.07) is 12.7. The molecule has 0 spiro atoms. The molecule has 0 bridgehead atoms. The summed E-state index contributed by atoms with van der Waals surface area (Å²) >= 11 is 0. The second kappa shape index (κ2) is 8.91. The number of nitrogens with one attached hydrogen (secondary N) is 1. The first-order chi connectivity index (χ1) is 17.5. The number of fused-ring (bicyclic) bond motifs is 2. The minimum absolute atomic E-state index is 0.0182. The third-order valence-electron chi connectivity index (χ3n) is 6.67. The molecule has 0 saturated carbocycles. The van der Waals surface area contributed by atoms with Crippen molar-refractivity contribution in [2.45, 2.75) is 32.2 Å². The number of hydrogen-bond acceptors (Lipinski definition) is 7. The number of rotatable bonds is 5. The Bertz CT molecular complexity index is 1470. The Labute approximate surface area is 207 Å². The van der Waals surface area contributed by atoms with Gasteiger partial charge in [-0.15, -0.1) is 0 Å². The fraction of sp³-hybridized carbons (Fsp3) is 0.296. The first-order valence-electron chi connectivity index (χ1n) is 12.0. The van der Waals surface area contributed by atoms with E-state index >= 15 is 0 Å². The van der Waals surface area contributed by atoms with E-state index in [1.54, 1.807) is 30.6 Å². The van der Waals surface area contributed by atoms with Gasteiger partial charge in [-0.25, -0.2) is 19.3 Å². The molecule has 3 aromatic heterocycles. The van der Waals surface area contributed by atoms with Crippen LogP contribution < -0.4 is 10.2 Å². The fourth-order valence-corrected chi connectivity index (χ4v) is 4.49. The molecule has 36 heavy (non-hydrogen) atoms. The summed E-state index contributed by atoms with van der Waals surface area (Å²) in [5, 5.41) is 3.78. The van der Waals surface area contributed by atoms with Gasteiger partial charge < -0.3 is 15.0 Å². The molecule has 2 aliphatic heterocycles. The second-order valence-corrected chi connectivity index (χ2v) is 9.39. The van der Waals surface area contributed by atoms with Gasteiger partial charge >= 0.3 is 0 Å². The molecule has 4 aromatic rings. The average Bonchev–Trinajstić information content (AvgIpc) is 2.86. The van der Waals surface area contributed by atoms with E-state index in [1.165, 1.54) is 6.92 Å². The van der Waals surface area contributed by atoms with Gasteiger partial charge in [0, 0.05) is 36.4 Å². The largest absolute Gasteiger partial charge is 0.373 e. The number of amides is 1. The molecule has 1 N–H and O–H groups in total. The van der Waals surface area contributed by atoms with Crippen molar-refractivity contribution in [2.75, 3.05) is 24.6 Å². The number of carbonyl (C=O) groups is 1. The van der Waals surface area contributed by atoms with Crippen LogP contribution in [-0.4, -0.2) is 45.5 Å². The minimum Gasteiger partial charge on any atom is -0.373 e. The highest BCUT2D eigenvalue weighted by Crippen LogP contribution is 2.34. The van der Waals surface area contributed by atoms with Crippen LogP contribution in [-0.2, 0) is 23.6 Å². The molecule has 5 heterocycles. The quantitative estimate of drug-likeness (QED) is 0.459. The van der Waals surface area contributed by atoms with Crippen molar-refractivity contribution in [3.63, 3.8) is 0 Å². The highest BCUT2D eigenvalue weighted by atomic mass is 19.1. The monoisotopic (exact) mass is 484 g/mol. The van der Waals surface area contributed by atoms with Crippen LogP contribution in [0.25, 0.3) is 22.3 Å². The molecule has 8 nitrogen and oxygen atoms in total. The van der Waals surface area contributed by atoms with E-state index in [-0.39, 0.29) is 19.1 Å². The topological polar surface area (TPSA) is 93.1 Å². The molecule has 1 atom stereocenters. The van der Waals surface area contributed by atoms with Crippen LogP contribution in [0.4, 0.5) is 10.3 Å². The molecule has 182 valence electrons. The van der Waals surface area contributed by atoms with Gasteiger partial charge in [0.25, 0.3) is 5.91 Å². The van der Waals surface area contributed by atoms with E-state index in [4.69, 9.17) is 9.72 Å². The van der Waals surface area contributed by atoms with E-state index < -0.39 is 5.67 Å². The highest BCUT2D eigenvalue weighted by molar-refractivity contribution is 5.94. The molecular formula is C27H25FN6O2. The molecular weight excluding hydrogens is 459 g/mol. The number of alkyl halides is 1. The molecule has 0 aliphatic carbocycles. The number of nitrogens with zero attached hydrogens (tertiary/aromatic N) is 5. The van der Waals surface area contributed by atoms with E-state index in [9.17, 15) is 9.18 Å². The lowest BCUT2D eigenvalue weighted by Gasteiger charge is -2.30. The van der Waals surface area contributed by atoms with Gasteiger partial charge in [0.15, 0.2) is 5.67 Å². The van der Waals surface area contributed by atoms with Crippen LogP contribution in [0, 0.1) is 0 Å². The minimum atomic E-state index is -1.62. The standard InChI is InChI=1S/C27H25FN6O2/c1-27(28)16-36-15-19-4-3-17(11-21(19)27)25(35)31-14-20-12-24-18(13-30-20)5-6-22(32-24)23-7-8-29-26(33-23)34-9-2-10-34/h3-8,11-13H,2,9-10,14-16H2,1H3,(H,31,35)/t27-/m1/s1. The predicted molar refractivity (Wildman–Crippen MR) is 133 cm³/mol. The number of hydrogen-bond donors (Lipinski definition) is 1. The van der Waals surface area contributed by atoms with Crippen LogP contribution in [0.1, 0.15) is 40.5 Å². The van der Waals surface area contributed by atoms with Gasteiger partial charge in [0.2, 0.25) is 5.95 Å². The average molecular weight is 485 g/mol. The van der Waals surface area contributed by atoms with Gasteiger partial charge in [0.05, 0.1) is 42.4 Å². The van der Waals surface area contributed by atoms with Gasteiger partial charge in [-0.2, -0.15) is 0 Å². The van der Waals surface area contributed by atoms with Crippen molar-refractivity contribution < 1.29 is 13.9 Å². The maximum atomic E-state index is 14.9. The number of aromatic nitrogens is 4. The first-order valence-corrected chi connectivity index (χ1v) is 12.0. The Morgan fingerprint density at radius 2 is 1.97 bits per heavy atom. The lowest BCUT2D eigenvalue weighted by molar-refractivity contribution is -0.00467. The number of carbonyl (C=O) groups excluding carboxylic acids is 1. The summed E-state index contributed by atoms with van der Waals surface area (Å²) in [6.45, 7) is 3.97. The Kier molecular flexibility index (Phi) is 5.56. The van der Waals surface area contributed by atoms with E-state index in [2.05, 4.69) is 25.2 Å². The Morgan fingerprint density at radius 3 is 2.81 bits per heavy atom. The Morgan fingerprint density at radius 1 is 1.11 bits per heavy atom.